The summed E-state index contributed by atoms with van der Waals surface area (Å²) in [5, 5.41) is 3.53. The number of ether oxygens (including phenoxy) is 2. The van der Waals surface area contributed by atoms with Crippen LogP contribution in [0.3, 0.4) is 0 Å². The predicted molar refractivity (Wildman–Crippen MR) is 76.5 cm³/mol. The molecule has 5 nitrogen and oxygen atoms in total. The minimum atomic E-state index is 0.359. The summed E-state index contributed by atoms with van der Waals surface area (Å²) < 4.78 is 10.6. The quantitative estimate of drug-likeness (QED) is 0.429. The molecule has 0 radical (unpaired) electrons. The van der Waals surface area contributed by atoms with E-state index in [0.717, 1.165) is 5.57 Å². The van der Waals surface area contributed by atoms with E-state index in [9.17, 15) is 0 Å². The second kappa shape index (κ2) is 8.85. The fourth-order valence-corrected chi connectivity index (χ4v) is 1.51. The summed E-state index contributed by atoms with van der Waals surface area (Å²) >= 11 is 5.92. The molecule has 1 N–H and O–H groups in total. The first kappa shape index (κ1) is 15.9. The van der Waals surface area contributed by atoms with Crippen molar-refractivity contribution in [1.29, 1.82) is 0 Å². The van der Waals surface area contributed by atoms with Gasteiger partial charge in [-0.05, 0) is 13.8 Å². The molecule has 0 unspecified atom stereocenters. The number of halogens is 1. The standard InChI is InChI=1S/C13H20ClN3O2/c1-4-18-9-13-16-11(14)7-12(17-13)15-5-6-19-8-10(2)3/h7H,2,4-6,8-9H2,1,3H3,(H,15,16,17). The lowest BCUT2D eigenvalue weighted by Crippen LogP contribution is -2.12. The number of hydrogen-bond acceptors (Lipinski definition) is 5. The number of aromatic nitrogens is 2. The van der Waals surface area contributed by atoms with Crippen molar-refractivity contribution < 1.29 is 9.47 Å². The molecule has 0 spiro atoms. The van der Waals surface area contributed by atoms with Crippen molar-refractivity contribution in [3.63, 3.8) is 0 Å². The second-order valence-corrected chi connectivity index (χ2v) is 4.45. The van der Waals surface area contributed by atoms with Gasteiger partial charge in [0.25, 0.3) is 0 Å². The van der Waals surface area contributed by atoms with E-state index < -0.39 is 0 Å². The van der Waals surface area contributed by atoms with Crippen LogP contribution in [-0.2, 0) is 16.1 Å². The Morgan fingerprint density at radius 3 is 2.89 bits per heavy atom. The van der Waals surface area contributed by atoms with Crippen LogP contribution in [0.2, 0.25) is 5.15 Å². The summed E-state index contributed by atoms with van der Waals surface area (Å²) in [7, 11) is 0. The summed E-state index contributed by atoms with van der Waals surface area (Å²) in [5.41, 5.74) is 1.00. The fraction of sp³-hybridized carbons (Fsp3) is 0.538. The molecular weight excluding hydrogens is 266 g/mol. The van der Waals surface area contributed by atoms with E-state index in [-0.39, 0.29) is 0 Å². The SMILES string of the molecule is C=C(C)COCCNc1cc(Cl)nc(COCC)n1. The normalized spacial score (nSPS) is 10.5. The van der Waals surface area contributed by atoms with E-state index in [1.165, 1.54) is 0 Å². The van der Waals surface area contributed by atoms with Crippen molar-refractivity contribution in [3.8, 4) is 0 Å². The van der Waals surface area contributed by atoms with E-state index in [0.29, 0.717) is 49.8 Å². The lowest BCUT2D eigenvalue weighted by atomic mass is 10.4. The first-order chi connectivity index (χ1) is 9.11. The Bertz CT molecular complexity index is 413. The molecule has 6 heteroatoms. The number of hydrogen-bond donors (Lipinski definition) is 1. The van der Waals surface area contributed by atoms with Crippen LogP contribution in [0.5, 0.6) is 0 Å². The van der Waals surface area contributed by atoms with Crippen molar-refractivity contribution in [2.75, 3.05) is 31.7 Å². The second-order valence-electron chi connectivity index (χ2n) is 4.07. The van der Waals surface area contributed by atoms with E-state index in [1.54, 1.807) is 6.07 Å². The Kier molecular flexibility index (Phi) is 7.40. The molecule has 106 valence electrons. The van der Waals surface area contributed by atoms with Crippen LogP contribution >= 0.6 is 11.6 Å². The van der Waals surface area contributed by atoms with Gasteiger partial charge in [0.2, 0.25) is 0 Å². The summed E-state index contributed by atoms with van der Waals surface area (Å²) in [6, 6.07) is 1.68. The van der Waals surface area contributed by atoms with Crippen LogP contribution in [-0.4, -0.2) is 36.3 Å². The summed E-state index contributed by atoms with van der Waals surface area (Å²) in [6.07, 6.45) is 0. The molecule has 0 aliphatic carbocycles. The van der Waals surface area contributed by atoms with Crippen LogP contribution in [0.4, 0.5) is 5.82 Å². The first-order valence-corrected chi connectivity index (χ1v) is 6.56. The highest BCUT2D eigenvalue weighted by atomic mass is 35.5. The Morgan fingerprint density at radius 1 is 1.42 bits per heavy atom. The molecule has 0 saturated heterocycles. The largest absolute Gasteiger partial charge is 0.375 e. The smallest absolute Gasteiger partial charge is 0.158 e. The van der Waals surface area contributed by atoms with Crippen LogP contribution in [0.15, 0.2) is 18.2 Å². The van der Waals surface area contributed by atoms with Gasteiger partial charge in [0, 0.05) is 19.2 Å². The molecule has 0 saturated carbocycles. The molecule has 1 heterocycles. The van der Waals surface area contributed by atoms with Gasteiger partial charge >= 0.3 is 0 Å². The fourth-order valence-electron chi connectivity index (χ4n) is 1.31. The van der Waals surface area contributed by atoms with Crippen molar-refractivity contribution in [1.82, 2.24) is 9.97 Å². The van der Waals surface area contributed by atoms with Crippen molar-refractivity contribution in [2.24, 2.45) is 0 Å². The Morgan fingerprint density at radius 2 is 2.21 bits per heavy atom. The van der Waals surface area contributed by atoms with Crippen molar-refractivity contribution in [2.45, 2.75) is 20.5 Å². The molecule has 0 aliphatic rings. The lowest BCUT2D eigenvalue weighted by Gasteiger charge is -2.08. The molecule has 0 aromatic carbocycles. The van der Waals surface area contributed by atoms with Gasteiger partial charge in [-0.15, -0.1) is 0 Å². The van der Waals surface area contributed by atoms with Gasteiger partial charge in [-0.2, -0.15) is 0 Å². The molecule has 1 aromatic heterocycles. The average Bonchev–Trinajstić information content (AvgIpc) is 2.35. The zero-order valence-electron chi connectivity index (χ0n) is 11.4. The maximum absolute atomic E-state index is 5.92. The molecule has 1 aromatic rings. The van der Waals surface area contributed by atoms with Crippen LogP contribution in [0.1, 0.15) is 19.7 Å². The van der Waals surface area contributed by atoms with E-state index in [1.807, 2.05) is 13.8 Å². The Hall–Kier alpha value is -1.17. The maximum Gasteiger partial charge on any atom is 0.158 e. The third-order valence-electron chi connectivity index (χ3n) is 2.08. The van der Waals surface area contributed by atoms with E-state index >= 15 is 0 Å². The monoisotopic (exact) mass is 285 g/mol. The van der Waals surface area contributed by atoms with Gasteiger partial charge in [0.15, 0.2) is 5.82 Å². The van der Waals surface area contributed by atoms with Crippen molar-refractivity contribution in [3.05, 3.63) is 29.2 Å². The van der Waals surface area contributed by atoms with Gasteiger partial charge in [0.05, 0.1) is 13.2 Å². The van der Waals surface area contributed by atoms with E-state index in [4.69, 9.17) is 21.1 Å². The van der Waals surface area contributed by atoms with Crippen LogP contribution in [0, 0.1) is 0 Å². The minimum absolute atomic E-state index is 0.359. The number of nitrogens with zero attached hydrogens (tertiary/aromatic N) is 2. The topological polar surface area (TPSA) is 56.3 Å². The number of anilines is 1. The van der Waals surface area contributed by atoms with Crippen LogP contribution in [0.25, 0.3) is 0 Å². The Labute approximate surface area is 119 Å². The van der Waals surface area contributed by atoms with Gasteiger partial charge in [0.1, 0.15) is 17.6 Å². The van der Waals surface area contributed by atoms with Gasteiger partial charge < -0.3 is 14.8 Å². The highest BCUT2D eigenvalue weighted by molar-refractivity contribution is 6.29. The molecule has 0 atom stereocenters. The number of rotatable bonds is 9. The summed E-state index contributed by atoms with van der Waals surface area (Å²) in [6.45, 7) is 10.4. The lowest BCUT2D eigenvalue weighted by molar-refractivity contribution is 0.128. The van der Waals surface area contributed by atoms with Gasteiger partial charge in [-0.1, -0.05) is 23.8 Å². The average molecular weight is 286 g/mol. The van der Waals surface area contributed by atoms with Crippen molar-refractivity contribution >= 4 is 17.4 Å². The molecule has 0 amide bonds. The molecular formula is C13H20ClN3O2. The first-order valence-electron chi connectivity index (χ1n) is 6.19. The van der Waals surface area contributed by atoms with Crippen LogP contribution < -0.4 is 5.32 Å². The maximum atomic E-state index is 5.92. The molecule has 19 heavy (non-hydrogen) atoms. The third-order valence-corrected chi connectivity index (χ3v) is 2.27. The third kappa shape index (κ3) is 7.10. The predicted octanol–water partition coefficient (Wildman–Crippen LogP) is 2.67. The molecule has 1 rings (SSSR count). The zero-order chi connectivity index (χ0) is 14.1. The van der Waals surface area contributed by atoms with Gasteiger partial charge in [-0.25, -0.2) is 9.97 Å². The minimum Gasteiger partial charge on any atom is -0.375 e. The zero-order valence-corrected chi connectivity index (χ0v) is 12.2. The molecule has 0 aliphatic heterocycles. The van der Waals surface area contributed by atoms with Gasteiger partial charge in [-0.3, -0.25) is 0 Å². The summed E-state index contributed by atoms with van der Waals surface area (Å²) in [5.74, 6) is 1.24. The molecule has 0 bridgehead atoms. The highest BCUT2D eigenvalue weighted by Crippen LogP contribution is 2.11. The number of nitrogens with one attached hydrogen (secondary N) is 1. The molecule has 0 fully saturated rings. The highest BCUT2D eigenvalue weighted by Gasteiger charge is 2.03. The van der Waals surface area contributed by atoms with E-state index in [2.05, 4.69) is 21.9 Å². The summed E-state index contributed by atoms with van der Waals surface area (Å²) in [4.78, 5) is 8.38. The Balaban J connectivity index is 2.40.